The molecule has 14 heavy (non-hydrogen) atoms. The maximum atomic E-state index is 4.30. The highest BCUT2D eigenvalue weighted by Crippen LogP contribution is 2.22. The van der Waals surface area contributed by atoms with Crippen LogP contribution in [-0.2, 0) is 0 Å². The van der Waals surface area contributed by atoms with E-state index in [1.165, 1.54) is 11.0 Å². The molecule has 0 aliphatic carbocycles. The van der Waals surface area contributed by atoms with Crippen molar-refractivity contribution >= 4 is 32.8 Å². The Balaban J connectivity index is 2.14. The third kappa shape index (κ3) is 2.10. The summed E-state index contributed by atoms with van der Waals surface area (Å²) in [7, 11) is 3.17. The topological polar surface area (TPSA) is 30.7 Å². The highest BCUT2D eigenvalue weighted by Gasteiger charge is 2.00. The number of nitrogens with zero attached hydrogens (tertiary/aromatic N) is 3. The Morgan fingerprint density at radius 3 is 2.50 bits per heavy atom. The minimum Gasteiger partial charge on any atom is -0.141 e. The second-order valence-electron chi connectivity index (χ2n) is 2.59. The molecule has 72 valence electrons. The standard InChI is InChI=1S/C9H9N3S2/c1-2-7-13-14-12-10-8-5-3-4-6-9(8)11-12/h2-6H,1,7H2. The molecule has 0 N–H and O–H groups in total. The summed E-state index contributed by atoms with van der Waals surface area (Å²) < 4.78 is 1.64. The molecule has 0 radical (unpaired) electrons. The summed E-state index contributed by atoms with van der Waals surface area (Å²) in [6.07, 6.45) is 1.86. The fourth-order valence-electron chi connectivity index (χ4n) is 0.999. The molecule has 0 aliphatic rings. The molecule has 2 rings (SSSR count). The Hall–Kier alpha value is -0.940. The third-order valence-electron chi connectivity index (χ3n) is 1.57. The van der Waals surface area contributed by atoms with Crippen molar-refractivity contribution in [1.82, 2.24) is 14.4 Å². The van der Waals surface area contributed by atoms with Gasteiger partial charge in [-0.05, 0) is 12.1 Å². The van der Waals surface area contributed by atoms with Crippen LogP contribution in [0.3, 0.4) is 0 Å². The zero-order valence-electron chi connectivity index (χ0n) is 7.46. The summed E-state index contributed by atoms with van der Waals surface area (Å²) in [5.74, 6) is 0.891. The summed E-state index contributed by atoms with van der Waals surface area (Å²) in [6.45, 7) is 3.65. The molecule has 5 heteroatoms. The van der Waals surface area contributed by atoms with Gasteiger partial charge in [-0.2, -0.15) is 0 Å². The van der Waals surface area contributed by atoms with Crippen LogP contribution in [0.4, 0.5) is 0 Å². The van der Waals surface area contributed by atoms with Gasteiger partial charge in [-0.1, -0.05) is 29.0 Å². The molecule has 1 heterocycles. The molecule has 0 spiro atoms. The minimum absolute atomic E-state index is 0.891. The maximum Gasteiger partial charge on any atom is 0.114 e. The van der Waals surface area contributed by atoms with Gasteiger partial charge < -0.3 is 0 Å². The molecule has 0 unspecified atom stereocenters. The normalized spacial score (nSPS) is 10.6. The van der Waals surface area contributed by atoms with Gasteiger partial charge in [-0.25, -0.2) is 0 Å². The lowest BCUT2D eigenvalue weighted by Gasteiger charge is -1.92. The molecule has 0 saturated carbocycles. The van der Waals surface area contributed by atoms with Gasteiger partial charge in [0.1, 0.15) is 11.0 Å². The first-order valence-corrected chi connectivity index (χ1v) is 6.40. The molecule has 3 nitrogen and oxygen atoms in total. The fraction of sp³-hybridized carbons (Fsp3) is 0.111. The van der Waals surface area contributed by atoms with E-state index in [1.807, 2.05) is 30.3 Å². The first kappa shape index (κ1) is 9.61. The van der Waals surface area contributed by atoms with Crippen LogP contribution in [0.1, 0.15) is 0 Å². The van der Waals surface area contributed by atoms with Crippen LogP contribution in [0.2, 0.25) is 0 Å². The molecular formula is C9H9N3S2. The smallest absolute Gasteiger partial charge is 0.114 e. The summed E-state index contributed by atoms with van der Waals surface area (Å²) in [6, 6.07) is 7.83. The van der Waals surface area contributed by atoms with Crippen LogP contribution in [0.15, 0.2) is 36.9 Å². The minimum atomic E-state index is 0.891. The number of hydrogen-bond donors (Lipinski definition) is 0. The van der Waals surface area contributed by atoms with Gasteiger partial charge >= 0.3 is 0 Å². The van der Waals surface area contributed by atoms with Crippen LogP contribution in [0.5, 0.6) is 0 Å². The summed E-state index contributed by atoms with van der Waals surface area (Å²) in [5.41, 5.74) is 1.86. The van der Waals surface area contributed by atoms with Gasteiger partial charge in [0.25, 0.3) is 0 Å². The quantitative estimate of drug-likeness (QED) is 0.453. The van der Waals surface area contributed by atoms with E-state index in [2.05, 4.69) is 16.8 Å². The molecular weight excluding hydrogens is 214 g/mol. The van der Waals surface area contributed by atoms with Crippen molar-refractivity contribution in [2.24, 2.45) is 0 Å². The molecule has 0 atom stereocenters. The summed E-state index contributed by atoms with van der Waals surface area (Å²) in [4.78, 5) is 0. The second-order valence-corrected chi connectivity index (χ2v) is 4.79. The van der Waals surface area contributed by atoms with Gasteiger partial charge in [0.05, 0.1) is 11.0 Å². The molecule has 0 amide bonds. The maximum absolute atomic E-state index is 4.30. The van der Waals surface area contributed by atoms with Crippen LogP contribution in [0.25, 0.3) is 11.0 Å². The van der Waals surface area contributed by atoms with Crippen molar-refractivity contribution in [3.05, 3.63) is 36.9 Å². The molecule has 1 aromatic carbocycles. The number of fused-ring (bicyclic) bond motifs is 1. The Bertz CT molecular complexity index is 405. The van der Waals surface area contributed by atoms with Crippen molar-refractivity contribution in [3.8, 4) is 0 Å². The average Bonchev–Trinajstić information content (AvgIpc) is 2.60. The Morgan fingerprint density at radius 1 is 1.29 bits per heavy atom. The van der Waals surface area contributed by atoms with E-state index in [0.29, 0.717) is 0 Å². The highest BCUT2D eigenvalue weighted by molar-refractivity contribution is 8.76. The summed E-state index contributed by atoms with van der Waals surface area (Å²) >= 11 is 0. The zero-order chi connectivity index (χ0) is 9.80. The van der Waals surface area contributed by atoms with Crippen LogP contribution in [-0.4, -0.2) is 20.2 Å². The SMILES string of the molecule is C=CCSSn1nc2ccccc2n1. The van der Waals surface area contributed by atoms with E-state index in [0.717, 1.165) is 16.8 Å². The van der Waals surface area contributed by atoms with Crippen LogP contribution >= 0.6 is 21.8 Å². The monoisotopic (exact) mass is 223 g/mol. The Kier molecular flexibility index (Phi) is 3.10. The number of hydrogen-bond acceptors (Lipinski definition) is 4. The molecule has 1 aromatic heterocycles. The van der Waals surface area contributed by atoms with Crippen LogP contribution < -0.4 is 0 Å². The van der Waals surface area contributed by atoms with Crippen molar-refractivity contribution in [3.63, 3.8) is 0 Å². The first-order chi connectivity index (χ1) is 6.90. The largest absolute Gasteiger partial charge is 0.141 e. The van der Waals surface area contributed by atoms with Crippen molar-refractivity contribution in [2.75, 3.05) is 5.75 Å². The lowest BCUT2D eigenvalue weighted by Crippen LogP contribution is -1.87. The van der Waals surface area contributed by atoms with Gasteiger partial charge in [-0.3, -0.25) is 0 Å². The van der Waals surface area contributed by atoms with Crippen LogP contribution in [0, 0.1) is 0 Å². The third-order valence-corrected chi connectivity index (χ3v) is 3.47. The van der Waals surface area contributed by atoms with E-state index in [1.54, 1.807) is 15.0 Å². The van der Waals surface area contributed by atoms with E-state index in [-0.39, 0.29) is 0 Å². The predicted molar refractivity (Wildman–Crippen MR) is 63.2 cm³/mol. The van der Waals surface area contributed by atoms with E-state index < -0.39 is 0 Å². The van der Waals surface area contributed by atoms with Crippen molar-refractivity contribution < 1.29 is 0 Å². The number of benzene rings is 1. The lowest BCUT2D eigenvalue weighted by molar-refractivity contribution is 0.888. The van der Waals surface area contributed by atoms with Crippen molar-refractivity contribution in [1.29, 1.82) is 0 Å². The fourth-order valence-corrected chi connectivity index (χ4v) is 2.45. The summed E-state index contributed by atoms with van der Waals surface area (Å²) in [5, 5.41) is 8.60. The van der Waals surface area contributed by atoms with Gasteiger partial charge in [0.2, 0.25) is 0 Å². The van der Waals surface area contributed by atoms with E-state index in [4.69, 9.17) is 0 Å². The first-order valence-electron chi connectivity index (χ1n) is 4.13. The molecule has 2 aromatic rings. The molecule has 0 fully saturated rings. The van der Waals surface area contributed by atoms with Crippen molar-refractivity contribution in [2.45, 2.75) is 0 Å². The Morgan fingerprint density at radius 2 is 1.93 bits per heavy atom. The molecule has 0 bridgehead atoms. The van der Waals surface area contributed by atoms with E-state index >= 15 is 0 Å². The van der Waals surface area contributed by atoms with Gasteiger partial charge in [0.15, 0.2) is 0 Å². The average molecular weight is 223 g/mol. The molecule has 0 saturated heterocycles. The Labute approximate surface area is 90.1 Å². The number of aromatic nitrogens is 3. The lowest BCUT2D eigenvalue weighted by atomic mass is 10.3. The van der Waals surface area contributed by atoms with E-state index in [9.17, 15) is 0 Å². The van der Waals surface area contributed by atoms with Gasteiger partial charge in [0, 0.05) is 5.75 Å². The second kappa shape index (κ2) is 4.52. The molecule has 0 aliphatic heterocycles. The zero-order valence-corrected chi connectivity index (χ0v) is 9.09. The number of rotatable bonds is 4. The predicted octanol–water partition coefficient (Wildman–Crippen LogP) is 2.76. The highest BCUT2D eigenvalue weighted by atomic mass is 33.1. The van der Waals surface area contributed by atoms with Gasteiger partial charge in [-0.15, -0.1) is 21.0 Å².